The van der Waals surface area contributed by atoms with Gasteiger partial charge in [0.2, 0.25) is 11.6 Å². The van der Waals surface area contributed by atoms with Gasteiger partial charge in [-0.2, -0.15) is 0 Å². The summed E-state index contributed by atoms with van der Waals surface area (Å²) in [6.45, 7) is 2.27. The van der Waals surface area contributed by atoms with E-state index >= 15 is 0 Å². The van der Waals surface area contributed by atoms with Gasteiger partial charge in [0.25, 0.3) is 0 Å². The number of rotatable bonds is 4. The van der Waals surface area contributed by atoms with Gasteiger partial charge < -0.3 is 4.42 Å². The largest absolute Gasteiger partial charge is 0.422 e. The highest BCUT2D eigenvalue weighted by Crippen LogP contribution is 2.38. The fourth-order valence-electron chi connectivity index (χ4n) is 3.18. The normalized spacial score (nSPS) is 23.3. The number of aromatic nitrogens is 2. The van der Waals surface area contributed by atoms with Crippen molar-refractivity contribution in [3.63, 3.8) is 0 Å². The summed E-state index contributed by atoms with van der Waals surface area (Å²) in [7, 11) is 0. The Bertz CT molecular complexity index is 573. The second kappa shape index (κ2) is 6.13. The molecule has 0 bridgehead atoms. The lowest BCUT2D eigenvalue weighted by atomic mass is 9.80. The van der Waals surface area contributed by atoms with E-state index in [0.29, 0.717) is 16.7 Å². The van der Waals surface area contributed by atoms with Crippen molar-refractivity contribution in [3.05, 3.63) is 23.2 Å². The molecule has 3 nitrogen and oxygen atoms in total. The van der Waals surface area contributed by atoms with Gasteiger partial charge in [-0.1, -0.05) is 37.8 Å². The van der Waals surface area contributed by atoms with Gasteiger partial charge in [-0.3, -0.25) is 0 Å². The fourth-order valence-corrected chi connectivity index (χ4v) is 3.33. The second-order valence-corrected chi connectivity index (χ2v) is 6.33. The quantitative estimate of drug-likeness (QED) is 0.763. The molecule has 0 amide bonds. The maximum absolute atomic E-state index is 5.94. The number of nitrogens with zero attached hydrogens (tertiary/aromatic N) is 2. The van der Waals surface area contributed by atoms with E-state index in [1.54, 1.807) is 6.20 Å². The van der Waals surface area contributed by atoms with E-state index in [4.69, 9.17) is 16.0 Å². The van der Waals surface area contributed by atoms with Crippen LogP contribution < -0.4 is 0 Å². The molecule has 1 fully saturated rings. The molecule has 0 aliphatic heterocycles. The fraction of sp³-hybridized carbons (Fsp3) is 0.625. The van der Waals surface area contributed by atoms with Crippen LogP contribution in [0.4, 0.5) is 0 Å². The summed E-state index contributed by atoms with van der Waals surface area (Å²) in [5.74, 6) is 2.22. The molecule has 2 heterocycles. The molecule has 1 aliphatic carbocycles. The molecular formula is C16H21ClN2O. The van der Waals surface area contributed by atoms with Gasteiger partial charge in [-0.05, 0) is 37.7 Å². The first-order valence-corrected chi connectivity index (χ1v) is 8.06. The van der Waals surface area contributed by atoms with Crippen molar-refractivity contribution >= 4 is 22.8 Å². The number of oxazole rings is 1. The zero-order chi connectivity index (χ0) is 13.9. The second-order valence-electron chi connectivity index (χ2n) is 5.89. The lowest BCUT2D eigenvalue weighted by molar-refractivity contribution is 0.280. The van der Waals surface area contributed by atoms with E-state index < -0.39 is 0 Å². The van der Waals surface area contributed by atoms with Gasteiger partial charge in [0.05, 0.1) is 5.02 Å². The number of fused-ring (bicyclic) bond motifs is 1. The maximum atomic E-state index is 5.94. The molecule has 0 aromatic carbocycles. The summed E-state index contributed by atoms with van der Waals surface area (Å²) < 4.78 is 5.80. The van der Waals surface area contributed by atoms with Crippen LogP contribution in [0.3, 0.4) is 0 Å². The number of hydrogen-bond acceptors (Lipinski definition) is 3. The average molecular weight is 293 g/mol. The summed E-state index contributed by atoms with van der Waals surface area (Å²) in [5, 5.41) is 0.612. The molecule has 0 N–H and O–H groups in total. The Kier molecular flexibility index (Phi) is 4.25. The van der Waals surface area contributed by atoms with Crippen LogP contribution in [0.1, 0.15) is 63.7 Å². The highest BCUT2D eigenvalue weighted by atomic mass is 35.5. The first kappa shape index (κ1) is 13.9. The molecule has 0 spiro atoms. The zero-order valence-corrected chi connectivity index (χ0v) is 12.7. The smallest absolute Gasteiger partial charge is 0.247 e. The van der Waals surface area contributed by atoms with Crippen molar-refractivity contribution in [1.29, 1.82) is 0 Å². The first-order chi connectivity index (χ1) is 9.76. The Hall–Kier alpha value is -1.09. The van der Waals surface area contributed by atoms with Crippen molar-refractivity contribution < 1.29 is 4.42 Å². The maximum Gasteiger partial charge on any atom is 0.247 e. The molecule has 4 heteroatoms. The Morgan fingerprint density at radius 2 is 2.10 bits per heavy atom. The Balaban J connectivity index is 1.67. The van der Waals surface area contributed by atoms with Crippen LogP contribution in [-0.2, 0) is 0 Å². The van der Waals surface area contributed by atoms with E-state index in [2.05, 4.69) is 16.9 Å². The number of pyridine rings is 1. The summed E-state index contributed by atoms with van der Waals surface area (Å²) in [6.07, 6.45) is 10.6. The first-order valence-electron chi connectivity index (χ1n) is 7.68. The third-order valence-corrected chi connectivity index (χ3v) is 4.60. The molecule has 2 aromatic heterocycles. The van der Waals surface area contributed by atoms with Gasteiger partial charge in [-0.25, -0.2) is 9.97 Å². The van der Waals surface area contributed by atoms with E-state index in [-0.39, 0.29) is 0 Å². The summed E-state index contributed by atoms with van der Waals surface area (Å²) >= 11 is 5.94. The van der Waals surface area contributed by atoms with Crippen LogP contribution in [-0.4, -0.2) is 9.97 Å². The third kappa shape index (κ3) is 2.98. The number of unbranched alkanes of at least 4 members (excludes halogenated alkanes) is 1. The van der Waals surface area contributed by atoms with Crippen LogP contribution in [0.2, 0.25) is 5.02 Å². The average Bonchev–Trinajstić information content (AvgIpc) is 2.88. The van der Waals surface area contributed by atoms with Gasteiger partial charge in [-0.15, -0.1) is 0 Å². The van der Waals surface area contributed by atoms with Gasteiger partial charge in [0.15, 0.2) is 0 Å². The molecule has 0 radical (unpaired) electrons. The minimum Gasteiger partial charge on any atom is -0.422 e. The third-order valence-electron chi connectivity index (χ3n) is 4.39. The lowest BCUT2D eigenvalue weighted by Gasteiger charge is -2.26. The van der Waals surface area contributed by atoms with Gasteiger partial charge in [0, 0.05) is 12.1 Å². The molecule has 20 heavy (non-hydrogen) atoms. The topological polar surface area (TPSA) is 38.9 Å². The van der Waals surface area contributed by atoms with Crippen molar-refractivity contribution in [2.75, 3.05) is 0 Å². The number of hydrogen-bond donors (Lipinski definition) is 0. The standard InChI is InChI=1S/C16H21ClN2O/c1-2-3-4-11-5-7-12(8-6-11)15-19-14-9-13(17)10-18-16(14)20-15/h9-12H,2-8H2,1H3. The molecule has 108 valence electrons. The highest BCUT2D eigenvalue weighted by molar-refractivity contribution is 6.30. The highest BCUT2D eigenvalue weighted by Gasteiger charge is 2.25. The van der Waals surface area contributed by atoms with Crippen LogP contribution in [0.5, 0.6) is 0 Å². The van der Waals surface area contributed by atoms with Crippen molar-refractivity contribution in [2.45, 2.75) is 57.8 Å². The molecule has 1 aliphatic rings. The number of halogens is 1. The van der Waals surface area contributed by atoms with E-state index in [0.717, 1.165) is 17.3 Å². The Labute approximate surface area is 124 Å². The van der Waals surface area contributed by atoms with Crippen molar-refractivity contribution in [3.8, 4) is 0 Å². The summed E-state index contributed by atoms with van der Waals surface area (Å²) in [5.41, 5.74) is 1.39. The predicted molar refractivity (Wildman–Crippen MR) is 81.0 cm³/mol. The molecule has 0 atom stereocenters. The molecule has 0 unspecified atom stereocenters. The van der Waals surface area contributed by atoms with E-state index in [1.807, 2.05) is 6.07 Å². The molecule has 3 rings (SSSR count). The van der Waals surface area contributed by atoms with Crippen LogP contribution in [0, 0.1) is 5.92 Å². The molecular weight excluding hydrogens is 272 g/mol. The van der Waals surface area contributed by atoms with E-state index in [1.165, 1.54) is 44.9 Å². The monoisotopic (exact) mass is 292 g/mol. The predicted octanol–water partition coefficient (Wildman–Crippen LogP) is 5.34. The minimum atomic E-state index is 0.459. The van der Waals surface area contributed by atoms with E-state index in [9.17, 15) is 0 Å². The van der Waals surface area contributed by atoms with Gasteiger partial charge >= 0.3 is 0 Å². The molecule has 2 aromatic rings. The van der Waals surface area contributed by atoms with Crippen molar-refractivity contribution in [2.24, 2.45) is 5.92 Å². The molecule has 0 saturated heterocycles. The zero-order valence-electron chi connectivity index (χ0n) is 11.9. The Morgan fingerprint density at radius 1 is 1.30 bits per heavy atom. The Morgan fingerprint density at radius 3 is 2.85 bits per heavy atom. The minimum absolute atomic E-state index is 0.459. The van der Waals surface area contributed by atoms with Crippen LogP contribution in [0.15, 0.2) is 16.7 Å². The van der Waals surface area contributed by atoms with Crippen LogP contribution >= 0.6 is 11.6 Å². The summed E-state index contributed by atoms with van der Waals surface area (Å²) in [6, 6.07) is 1.82. The van der Waals surface area contributed by atoms with Crippen molar-refractivity contribution in [1.82, 2.24) is 9.97 Å². The lowest BCUT2D eigenvalue weighted by Crippen LogP contribution is -2.13. The van der Waals surface area contributed by atoms with Crippen LogP contribution in [0.25, 0.3) is 11.2 Å². The molecule has 1 saturated carbocycles. The summed E-state index contributed by atoms with van der Waals surface area (Å²) in [4.78, 5) is 8.76. The van der Waals surface area contributed by atoms with Gasteiger partial charge in [0.1, 0.15) is 5.52 Å². The SMILES string of the molecule is CCCCC1CCC(c2nc3cc(Cl)cnc3o2)CC1.